The highest BCUT2D eigenvalue weighted by atomic mass is 16.5. The van der Waals surface area contributed by atoms with E-state index in [1.54, 1.807) is 0 Å². The Morgan fingerprint density at radius 2 is 1.71 bits per heavy atom. The zero-order valence-corrected chi connectivity index (χ0v) is 20.1. The molecule has 0 atom stereocenters. The predicted molar refractivity (Wildman–Crippen MR) is 139 cm³/mol. The molecule has 1 fully saturated rings. The minimum absolute atomic E-state index is 0.470. The van der Waals surface area contributed by atoms with Crippen molar-refractivity contribution in [3.63, 3.8) is 0 Å². The summed E-state index contributed by atoms with van der Waals surface area (Å²) in [7, 11) is 0. The van der Waals surface area contributed by atoms with E-state index in [9.17, 15) is 0 Å². The summed E-state index contributed by atoms with van der Waals surface area (Å²) in [5.41, 5.74) is 5.09. The van der Waals surface area contributed by atoms with Crippen LogP contribution in [-0.4, -0.2) is 49.3 Å². The van der Waals surface area contributed by atoms with Gasteiger partial charge >= 0.3 is 0 Å². The van der Waals surface area contributed by atoms with Crippen LogP contribution in [0, 0.1) is 0 Å². The highest BCUT2D eigenvalue weighted by molar-refractivity contribution is 5.65. The smallest absolute Gasteiger partial charge is 0.131 e. The fraction of sp³-hybridized carbons (Fsp3) is 0.345. The van der Waals surface area contributed by atoms with Crippen LogP contribution in [0.15, 0.2) is 72.8 Å². The highest BCUT2D eigenvalue weighted by Gasteiger charge is 2.12. The number of aromatic nitrogens is 1. The number of anilines is 2. The molecule has 0 unspecified atom stereocenters. The van der Waals surface area contributed by atoms with E-state index in [0.29, 0.717) is 33.0 Å². The molecule has 1 saturated heterocycles. The first-order valence-electron chi connectivity index (χ1n) is 12.5. The molecule has 6 bridgehead atoms. The fourth-order valence-electron chi connectivity index (χ4n) is 4.45. The summed E-state index contributed by atoms with van der Waals surface area (Å²) in [5.74, 6) is 1.66. The van der Waals surface area contributed by atoms with Crippen molar-refractivity contribution >= 4 is 11.5 Å². The summed E-state index contributed by atoms with van der Waals surface area (Å²) in [6.45, 7) is 6.08. The van der Waals surface area contributed by atoms with Crippen molar-refractivity contribution in [2.45, 2.75) is 26.1 Å². The van der Waals surface area contributed by atoms with Crippen LogP contribution in [0.2, 0.25) is 0 Å². The number of hydrogen-bond acceptors (Lipinski definition) is 6. The summed E-state index contributed by atoms with van der Waals surface area (Å²) in [5, 5.41) is 3.45. The number of nitrogens with zero attached hydrogens (tertiary/aromatic N) is 2. The number of likely N-dealkylation sites (tertiary alicyclic amines) is 1. The molecule has 6 heteroatoms. The van der Waals surface area contributed by atoms with E-state index in [-0.39, 0.29) is 0 Å². The molecule has 2 aliphatic heterocycles. The van der Waals surface area contributed by atoms with Crippen LogP contribution >= 0.6 is 0 Å². The molecule has 5 rings (SSSR count). The van der Waals surface area contributed by atoms with E-state index in [4.69, 9.17) is 19.2 Å². The zero-order valence-electron chi connectivity index (χ0n) is 20.1. The van der Waals surface area contributed by atoms with Crippen molar-refractivity contribution in [2.24, 2.45) is 0 Å². The summed E-state index contributed by atoms with van der Waals surface area (Å²) >= 11 is 0. The molecule has 0 saturated carbocycles. The van der Waals surface area contributed by atoms with Crippen molar-refractivity contribution in [2.75, 3.05) is 44.8 Å². The lowest BCUT2D eigenvalue weighted by Crippen LogP contribution is -2.25. The molecule has 0 aliphatic carbocycles. The summed E-state index contributed by atoms with van der Waals surface area (Å²) < 4.78 is 17.9. The largest absolute Gasteiger partial charge is 0.492 e. The molecule has 1 aromatic heterocycles. The lowest BCUT2D eigenvalue weighted by atomic mass is 10.1. The Bertz CT molecular complexity index is 1140. The van der Waals surface area contributed by atoms with Gasteiger partial charge < -0.3 is 19.5 Å². The number of benzene rings is 2. The van der Waals surface area contributed by atoms with Crippen molar-refractivity contribution < 1.29 is 14.2 Å². The van der Waals surface area contributed by atoms with Crippen LogP contribution in [0.1, 0.15) is 24.0 Å². The first-order valence-corrected chi connectivity index (χ1v) is 12.5. The number of rotatable bonds is 4. The first kappa shape index (κ1) is 23.5. The lowest BCUT2D eigenvalue weighted by Gasteiger charge is -2.17. The van der Waals surface area contributed by atoms with Crippen LogP contribution in [0.5, 0.6) is 5.75 Å². The van der Waals surface area contributed by atoms with E-state index in [2.05, 4.69) is 34.5 Å². The Balaban J connectivity index is 1.37. The van der Waals surface area contributed by atoms with Gasteiger partial charge in [-0.2, -0.15) is 0 Å². The molecular weight excluding hydrogens is 438 g/mol. The molecule has 0 radical (unpaired) electrons. The van der Waals surface area contributed by atoms with E-state index in [0.717, 1.165) is 46.2 Å². The normalized spacial score (nSPS) is 17.7. The van der Waals surface area contributed by atoms with Crippen LogP contribution in [-0.2, 0) is 22.7 Å². The number of hydrogen-bond donors (Lipinski definition) is 1. The fourth-order valence-corrected chi connectivity index (χ4v) is 4.45. The molecular formula is C29H33N3O3. The SMILES string of the molecule is C1=C/COCc2cc(ccc2OCCN2CCCC2)Nc2cccc(n2)-c2cccc(c2)COC/1. The Morgan fingerprint density at radius 3 is 2.60 bits per heavy atom. The quantitative estimate of drug-likeness (QED) is 0.502. The van der Waals surface area contributed by atoms with Crippen LogP contribution in [0.3, 0.4) is 0 Å². The summed E-state index contributed by atoms with van der Waals surface area (Å²) in [6, 6.07) is 20.5. The van der Waals surface area contributed by atoms with Gasteiger partial charge in [0.25, 0.3) is 0 Å². The van der Waals surface area contributed by atoms with Gasteiger partial charge in [-0.15, -0.1) is 0 Å². The average Bonchev–Trinajstić information content (AvgIpc) is 3.40. The Hall–Kier alpha value is -3.19. The Kier molecular flexibility index (Phi) is 8.06. The van der Waals surface area contributed by atoms with E-state index >= 15 is 0 Å². The maximum absolute atomic E-state index is 6.18. The molecule has 3 aromatic rings. The second-order valence-corrected chi connectivity index (χ2v) is 8.95. The van der Waals surface area contributed by atoms with E-state index < -0.39 is 0 Å². The van der Waals surface area contributed by atoms with E-state index in [1.807, 2.05) is 48.6 Å². The summed E-state index contributed by atoms with van der Waals surface area (Å²) in [6.07, 6.45) is 6.59. The van der Waals surface area contributed by atoms with Crippen molar-refractivity contribution in [1.82, 2.24) is 9.88 Å². The third kappa shape index (κ3) is 6.69. The third-order valence-electron chi connectivity index (χ3n) is 6.29. The Morgan fingerprint density at radius 1 is 0.886 bits per heavy atom. The topological polar surface area (TPSA) is 55.9 Å². The lowest BCUT2D eigenvalue weighted by molar-refractivity contribution is 0.138. The number of fused-ring (bicyclic) bond motifs is 7. The minimum Gasteiger partial charge on any atom is -0.492 e. The highest BCUT2D eigenvalue weighted by Crippen LogP contribution is 2.27. The van der Waals surface area contributed by atoms with E-state index in [1.165, 1.54) is 25.9 Å². The maximum Gasteiger partial charge on any atom is 0.131 e. The van der Waals surface area contributed by atoms with Gasteiger partial charge in [-0.25, -0.2) is 4.98 Å². The maximum atomic E-state index is 6.18. The molecule has 3 heterocycles. The molecule has 2 aromatic carbocycles. The van der Waals surface area contributed by atoms with Crippen LogP contribution in [0.4, 0.5) is 11.5 Å². The van der Waals surface area contributed by atoms with Gasteiger partial charge in [0, 0.05) is 23.4 Å². The van der Waals surface area contributed by atoms with Gasteiger partial charge in [0.05, 0.1) is 32.1 Å². The van der Waals surface area contributed by atoms with Crippen molar-refractivity contribution in [1.29, 1.82) is 0 Å². The van der Waals surface area contributed by atoms with Crippen molar-refractivity contribution in [3.05, 3.63) is 83.9 Å². The van der Waals surface area contributed by atoms with Gasteiger partial charge in [0.1, 0.15) is 18.2 Å². The monoisotopic (exact) mass is 471 g/mol. The average molecular weight is 472 g/mol. The molecule has 6 nitrogen and oxygen atoms in total. The zero-order chi connectivity index (χ0) is 23.7. The van der Waals surface area contributed by atoms with Gasteiger partial charge in [0.15, 0.2) is 0 Å². The number of nitrogens with one attached hydrogen (secondary N) is 1. The molecule has 0 amide bonds. The molecule has 35 heavy (non-hydrogen) atoms. The second kappa shape index (κ2) is 12.0. The number of pyridine rings is 1. The molecule has 0 spiro atoms. The minimum atomic E-state index is 0.470. The first-order chi connectivity index (χ1) is 17.3. The van der Waals surface area contributed by atoms with Crippen LogP contribution in [0.25, 0.3) is 11.3 Å². The predicted octanol–water partition coefficient (Wildman–Crippen LogP) is 5.57. The number of ether oxygens (including phenoxy) is 3. The standard InChI is InChI=1S/C29H33N3O3/c1-2-14-32(13-1)15-18-35-28-12-11-26-20-25(28)22-34-17-4-3-16-33-21-23-7-5-8-24(19-23)27-9-6-10-29(30-26)31-27/h3-12,19-20H,1-2,13-18,21-22H2,(H,30,31)/b4-3+. The molecule has 1 N–H and O–H groups in total. The van der Waals surface area contributed by atoms with Crippen LogP contribution < -0.4 is 10.1 Å². The third-order valence-corrected chi connectivity index (χ3v) is 6.29. The van der Waals surface area contributed by atoms with Gasteiger partial charge in [-0.1, -0.05) is 36.4 Å². The van der Waals surface area contributed by atoms with Gasteiger partial charge in [0.2, 0.25) is 0 Å². The van der Waals surface area contributed by atoms with Gasteiger partial charge in [-0.3, -0.25) is 4.90 Å². The summed E-state index contributed by atoms with van der Waals surface area (Å²) in [4.78, 5) is 7.31. The second-order valence-electron chi connectivity index (χ2n) is 8.95. The van der Waals surface area contributed by atoms with Gasteiger partial charge in [-0.05, 0) is 67.9 Å². The van der Waals surface area contributed by atoms with Crippen molar-refractivity contribution in [3.8, 4) is 17.0 Å². The molecule has 2 aliphatic rings. The Labute approximate surface area is 207 Å². The molecule has 182 valence electrons.